The van der Waals surface area contributed by atoms with Crippen molar-refractivity contribution in [3.63, 3.8) is 0 Å². The fraction of sp³-hybridized carbons (Fsp3) is 0.136. The Bertz CT molecular complexity index is 939. The lowest BCUT2D eigenvalue weighted by Crippen LogP contribution is -2.23. The fourth-order valence-corrected chi connectivity index (χ4v) is 2.73. The summed E-state index contributed by atoms with van der Waals surface area (Å²) in [5.74, 6) is 0.216. The average Bonchev–Trinajstić information content (AvgIpc) is 2.73. The highest BCUT2D eigenvalue weighted by Crippen LogP contribution is 2.19. The summed E-state index contributed by atoms with van der Waals surface area (Å²) in [5, 5.41) is 2.87. The van der Waals surface area contributed by atoms with Gasteiger partial charge in [-0.25, -0.2) is 0 Å². The predicted octanol–water partition coefficient (Wildman–Crippen LogP) is 3.45. The zero-order chi connectivity index (χ0) is 19.1. The zero-order valence-electron chi connectivity index (χ0n) is 15.0. The molecule has 0 radical (unpaired) electrons. The minimum absolute atomic E-state index is 0.0974. The molecule has 1 heterocycles. The van der Waals surface area contributed by atoms with E-state index in [9.17, 15) is 9.59 Å². The maximum Gasteiger partial charge on any atom is 0.251 e. The van der Waals surface area contributed by atoms with Gasteiger partial charge in [0.05, 0.1) is 19.1 Å². The summed E-state index contributed by atoms with van der Waals surface area (Å²) in [6, 6.07) is 20.0. The third-order valence-electron chi connectivity index (χ3n) is 4.12. The number of Topliss-reactive ketones (excluding diaryl/α,β-unsaturated/α-hetero) is 1. The van der Waals surface area contributed by atoms with Crippen molar-refractivity contribution in [2.75, 3.05) is 7.11 Å². The van der Waals surface area contributed by atoms with Crippen LogP contribution in [0.4, 0.5) is 0 Å². The van der Waals surface area contributed by atoms with Crippen molar-refractivity contribution >= 4 is 11.7 Å². The second kappa shape index (κ2) is 8.76. The van der Waals surface area contributed by atoms with Gasteiger partial charge >= 0.3 is 0 Å². The first-order valence-electron chi connectivity index (χ1n) is 8.60. The zero-order valence-corrected chi connectivity index (χ0v) is 15.0. The maximum atomic E-state index is 12.6. The van der Waals surface area contributed by atoms with Gasteiger partial charge < -0.3 is 10.1 Å². The van der Waals surface area contributed by atoms with Crippen LogP contribution in [0.3, 0.4) is 0 Å². The molecule has 0 aliphatic carbocycles. The molecule has 2 aromatic carbocycles. The number of carbonyl (C=O) groups is 2. The molecule has 0 aliphatic heterocycles. The number of pyridine rings is 1. The van der Waals surface area contributed by atoms with Gasteiger partial charge in [-0.3, -0.25) is 14.6 Å². The maximum absolute atomic E-state index is 12.6. The first kappa shape index (κ1) is 18.3. The monoisotopic (exact) mass is 360 g/mol. The minimum atomic E-state index is -0.202. The molecule has 0 saturated carbocycles. The quantitative estimate of drug-likeness (QED) is 0.655. The summed E-state index contributed by atoms with van der Waals surface area (Å²) >= 11 is 0. The van der Waals surface area contributed by atoms with Crippen LogP contribution in [0.25, 0.3) is 0 Å². The highest BCUT2D eigenvalue weighted by molar-refractivity contribution is 6.00. The van der Waals surface area contributed by atoms with Crippen LogP contribution in [0, 0.1) is 0 Å². The van der Waals surface area contributed by atoms with E-state index >= 15 is 0 Å². The number of methoxy groups -OCH3 is 1. The molecule has 0 spiro atoms. The molecular weight excluding hydrogens is 340 g/mol. The minimum Gasteiger partial charge on any atom is -0.496 e. The molecule has 0 fully saturated rings. The molecule has 3 aromatic rings. The van der Waals surface area contributed by atoms with Gasteiger partial charge in [-0.15, -0.1) is 0 Å². The van der Waals surface area contributed by atoms with Gasteiger partial charge in [-0.05, 0) is 29.8 Å². The fourth-order valence-electron chi connectivity index (χ4n) is 2.73. The predicted molar refractivity (Wildman–Crippen MR) is 103 cm³/mol. The van der Waals surface area contributed by atoms with E-state index in [2.05, 4.69) is 10.3 Å². The molecule has 27 heavy (non-hydrogen) atoms. The smallest absolute Gasteiger partial charge is 0.251 e. The summed E-state index contributed by atoms with van der Waals surface area (Å²) in [7, 11) is 1.53. The number of benzene rings is 2. The van der Waals surface area contributed by atoms with Crippen LogP contribution in [-0.4, -0.2) is 23.8 Å². The molecule has 3 rings (SSSR count). The van der Waals surface area contributed by atoms with Crippen LogP contribution in [0.1, 0.15) is 32.0 Å². The second-order valence-electron chi connectivity index (χ2n) is 6.00. The highest BCUT2D eigenvalue weighted by atomic mass is 16.5. The summed E-state index contributed by atoms with van der Waals surface area (Å²) < 4.78 is 5.23. The van der Waals surface area contributed by atoms with Crippen molar-refractivity contribution in [3.05, 3.63) is 95.3 Å². The third kappa shape index (κ3) is 4.79. The first-order valence-corrected chi connectivity index (χ1v) is 8.60. The lowest BCUT2D eigenvalue weighted by molar-refractivity contribution is 0.0947. The molecule has 1 amide bonds. The Morgan fingerprint density at radius 1 is 1.00 bits per heavy atom. The summed E-state index contributed by atoms with van der Waals surface area (Å²) in [6.45, 7) is 0.442. The summed E-state index contributed by atoms with van der Waals surface area (Å²) in [5.41, 5.74) is 2.54. The van der Waals surface area contributed by atoms with Crippen LogP contribution in [0.2, 0.25) is 0 Å². The number of nitrogens with zero attached hydrogens (tertiary/aromatic N) is 1. The first-order chi connectivity index (χ1) is 13.2. The molecule has 5 nitrogen and oxygen atoms in total. The normalized spacial score (nSPS) is 10.3. The number of ketones is 1. The van der Waals surface area contributed by atoms with Crippen LogP contribution < -0.4 is 10.1 Å². The largest absolute Gasteiger partial charge is 0.496 e. The van der Waals surface area contributed by atoms with Crippen molar-refractivity contribution < 1.29 is 14.3 Å². The Kier molecular flexibility index (Phi) is 5.94. The van der Waals surface area contributed by atoms with Crippen LogP contribution >= 0.6 is 0 Å². The average molecular weight is 360 g/mol. The van der Waals surface area contributed by atoms with Gasteiger partial charge in [0.2, 0.25) is 0 Å². The second-order valence-corrected chi connectivity index (χ2v) is 6.00. The number of amides is 1. The lowest BCUT2D eigenvalue weighted by Gasteiger charge is -2.08. The summed E-state index contributed by atoms with van der Waals surface area (Å²) in [4.78, 5) is 29.2. The number of hydrogen-bond donors (Lipinski definition) is 1. The number of ether oxygens (including phenoxy) is 1. The Labute approximate surface area is 158 Å². The molecule has 136 valence electrons. The topological polar surface area (TPSA) is 68.3 Å². The molecule has 1 N–H and O–H groups in total. The molecule has 0 unspecified atom stereocenters. The van der Waals surface area contributed by atoms with Gasteiger partial charge in [-0.1, -0.05) is 42.5 Å². The van der Waals surface area contributed by atoms with Crippen molar-refractivity contribution in [3.8, 4) is 5.75 Å². The number of nitrogens with one attached hydrogen (secondary N) is 1. The number of hydrogen-bond acceptors (Lipinski definition) is 4. The molecule has 0 bridgehead atoms. The van der Waals surface area contributed by atoms with Gasteiger partial charge in [0.15, 0.2) is 5.78 Å². The van der Waals surface area contributed by atoms with E-state index in [4.69, 9.17) is 4.74 Å². The van der Waals surface area contributed by atoms with Crippen molar-refractivity contribution in [2.24, 2.45) is 0 Å². The molecule has 1 aromatic heterocycles. The standard InChI is InChI=1S/C22H20N2O3/c1-27-21-10-6-5-9-19(21)20(25)14-18-13-17(11-12-23-18)22(26)24-15-16-7-3-2-4-8-16/h2-13H,14-15H2,1H3,(H,24,26). The molecule has 0 saturated heterocycles. The van der Waals surface area contributed by atoms with E-state index in [1.807, 2.05) is 36.4 Å². The molecule has 0 atom stereocenters. The van der Waals surface area contributed by atoms with Gasteiger partial charge in [0.1, 0.15) is 5.75 Å². The Hall–Kier alpha value is -3.47. The van der Waals surface area contributed by atoms with Gasteiger partial charge in [-0.2, -0.15) is 0 Å². The summed E-state index contributed by atoms with van der Waals surface area (Å²) in [6.07, 6.45) is 1.64. The Morgan fingerprint density at radius 3 is 2.52 bits per heavy atom. The van der Waals surface area contributed by atoms with Crippen molar-refractivity contribution in [1.29, 1.82) is 0 Å². The number of rotatable bonds is 7. The molecular formula is C22H20N2O3. The van der Waals surface area contributed by atoms with Crippen LogP contribution in [0.5, 0.6) is 5.75 Å². The van der Waals surface area contributed by atoms with Gasteiger partial charge in [0, 0.05) is 24.0 Å². The van der Waals surface area contributed by atoms with Gasteiger partial charge in [0.25, 0.3) is 5.91 Å². The van der Waals surface area contributed by atoms with E-state index in [1.54, 1.807) is 36.5 Å². The Morgan fingerprint density at radius 2 is 1.74 bits per heavy atom. The molecule has 5 heteroatoms. The molecule has 0 aliphatic rings. The third-order valence-corrected chi connectivity index (χ3v) is 4.12. The number of aromatic nitrogens is 1. The Balaban J connectivity index is 1.68. The van der Waals surface area contributed by atoms with Crippen LogP contribution in [0.15, 0.2) is 72.9 Å². The van der Waals surface area contributed by atoms with E-state index in [0.717, 1.165) is 5.56 Å². The van der Waals surface area contributed by atoms with E-state index < -0.39 is 0 Å². The lowest BCUT2D eigenvalue weighted by atomic mass is 10.0. The number of para-hydroxylation sites is 1. The van der Waals surface area contributed by atoms with Crippen molar-refractivity contribution in [2.45, 2.75) is 13.0 Å². The SMILES string of the molecule is COc1ccccc1C(=O)Cc1cc(C(=O)NCc2ccccc2)ccn1. The highest BCUT2D eigenvalue weighted by Gasteiger charge is 2.14. The van der Waals surface area contributed by atoms with E-state index in [-0.39, 0.29) is 18.1 Å². The van der Waals surface area contributed by atoms with E-state index in [1.165, 1.54) is 7.11 Å². The van der Waals surface area contributed by atoms with E-state index in [0.29, 0.717) is 29.1 Å². The number of carbonyl (C=O) groups excluding carboxylic acids is 2. The van der Waals surface area contributed by atoms with Crippen molar-refractivity contribution in [1.82, 2.24) is 10.3 Å². The van der Waals surface area contributed by atoms with Crippen LogP contribution in [-0.2, 0) is 13.0 Å².